The first-order valence-corrected chi connectivity index (χ1v) is 22.8. The highest BCUT2D eigenvalue weighted by Crippen LogP contribution is 2.27. The van der Waals surface area contributed by atoms with E-state index in [0.29, 0.717) is 51.6 Å². The van der Waals surface area contributed by atoms with Crippen molar-refractivity contribution >= 4 is 29.4 Å². The second-order valence-corrected chi connectivity index (χ2v) is 18.4. The Morgan fingerprint density at radius 3 is 1.85 bits per heavy atom. The van der Waals surface area contributed by atoms with Crippen LogP contribution in [0.5, 0.6) is 5.75 Å². The maximum absolute atomic E-state index is 14.5. The minimum absolute atomic E-state index is 0.0863. The lowest BCUT2D eigenvalue weighted by Gasteiger charge is -2.36. The number of carbonyl (C=O) groups is 5. The van der Waals surface area contributed by atoms with Gasteiger partial charge in [0.15, 0.2) is 12.1 Å². The smallest absolute Gasteiger partial charge is 0.308 e. The summed E-state index contributed by atoms with van der Waals surface area (Å²) in [6, 6.07) is 15.4. The van der Waals surface area contributed by atoms with E-state index in [4.69, 9.17) is 39.6 Å². The predicted molar refractivity (Wildman–Crippen MR) is 249 cm³/mol. The molecule has 14 nitrogen and oxygen atoms in total. The average Bonchev–Trinajstić information content (AvgIpc) is 3.21. The standard InChI is InChI=1S/C51H76N2O12/c1-12-15-21-43(54)41(33-37-19-17-16-18-20-37)51(10,11)53-48(58)39(32-38-22-24-40(25-23-38)64-49(4,5)6)34-44(55)42(35-46(57)65-50(7,8)9)52-45(56)36-61-31-30-60-29-28-59-27-26-47(62-13-2)63-14-3/h1,16-20,22-25,39,41-42,47H,13-15,21,26-36H2,2-11H3,(H,52,56)(H,53,58)/t39-,41+,42+/m1/s1. The van der Waals surface area contributed by atoms with Crippen LogP contribution in [-0.4, -0.2) is 111 Å². The fourth-order valence-corrected chi connectivity index (χ4v) is 6.87. The highest BCUT2D eigenvalue weighted by atomic mass is 16.7. The second kappa shape index (κ2) is 29.1. The number of benzene rings is 2. The van der Waals surface area contributed by atoms with Crippen molar-refractivity contribution < 1.29 is 57.1 Å². The third-order valence-electron chi connectivity index (χ3n) is 9.85. The molecule has 0 unspecified atom stereocenters. The Labute approximate surface area is 387 Å². The van der Waals surface area contributed by atoms with Gasteiger partial charge in [-0.25, -0.2) is 0 Å². The number of ketones is 2. The number of ether oxygens (including phenoxy) is 7. The minimum Gasteiger partial charge on any atom is -0.488 e. The monoisotopic (exact) mass is 909 g/mol. The Hall–Kier alpha value is -4.65. The van der Waals surface area contributed by atoms with Crippen molar-refractivity contribution in [2.24, 2.45) is 11.8 Å². The van der Waals surface area contributed by atoms with Crippen molar-refractivity contribution in [2.45, 2.75) is 143 Å². The molecule has 2 aromatic carbocycles. The Balaban J connectivity index is 2.25. The van der Waals surface area contributed by atoms with Crippen molar-refractivity contribution in [3.63, 3.8) is 0 Å². The van der Waals surface area contributed by atoms with E-state index in [1.54, 1.807) is 46.8 Å². The molecule has 0 saturated heterocycles. The van der Waals surface area contributed by atoms with E-state index in [0.717, 1.165) is 11.1 Å². The molecule has 14 heteroatoms. The summed E-state index contributed by atoms with van der Waals surface area (Å²) in [5.41, 5.74) is -0.699. The van der Waals surface area contributed by atoms with Crippen molar-refractivity contribution in [2.75, 3.05) is 52.9 Å². The van der Waals surface area contributed by atoms with Gasteiger partial charge in [0.1, 0.15) is 29.3 Å². The summed E-state index contributed by atoms with van der Waals surface area (Å²) in [5.74, 6) is -0.913. The Kier molecular flexibility index (Phi) is 25.3. The molecule has 65 heavy (non-hydrogen) atoms. The largest absolute Gasteiger partial charge is 0.488 e. The zero-order valence-corrected chi connectivity index (χ0v) is 40.6. The zero-order chi connectivity index (χ0) is 48.5. The van der Waals surface area contributed by atoms with Crippen molar-refractivity contribution in [3.8, 4) is 18.1 Å². The zero-order valence-electron chi connectivity index (χ0n) is 40.6. The van der Waals surface area contributed by atoms with Crippen molar-refractivity contribution in [1.29, 1.82) is 0 Å². The van der Waals surface area contributed by atoms with Crippen LogP contribution in [0.4, 0.5) is 0 Å². The van der Waals surface area contributed by atoms with Crippen LogP contribution in [0.1, 0.15) is 112 Å². The van der Waals surface area contributed by atoms with Crippen LogP contribution in [0.3, 0.4) is 0 Å². The third kappa shape index (κ3) is 24.5. The number of Topliss-reactive ketones (excluding diaryl/α,β-unsaturated/α-hetero) is 2. The summed E-state index contributed by atoms with van der Waals surface area (Å²) in [5, 5.41) is 5.76. The number of nitrogens with one attached hydrogen (secondary N) is 2. The van der Waals surface area contributed by atoms with Gasteiger partial charge in [-0.3, -0.25) is 24.0 Å². The highest BCUT2D eigenvalue weighted by molar-refractivity contribution is 5.95. The molecule has 2 rings (SSSR count). The predicted octanol–water partition coefficient (Wildman–Crippen LogP) is 6.77. The number of rotatable bonds is 32. The molecule has 0 fully saturated rings. The van der Waals surface area contributed by atoms with Crippen molar-refractivity contribution in [1.82, 2.24) is 10.6 Å². The lowest BCUT2D eigenvalue weighted by atomic mass is 9.78. The maximum Gasteiger partial charge on any atom is 0.308 e. The van der Waals surface area contributed by atoms with E-state index in [9.17, 15) is 24.0 Å². The fourth-order valence-electron chi connectivity index (χ4n) is 6.87. The first kappa shape index (κ1) is 56.5. The number of carbonyl (C=O) groups excluding carboxylic acids is 5. The lowest BCUT2D eigenvalue weighted by molar-refractivity contribution is -0.156. The molecule has 362 valence electrons. The van der Waals surface area contributed by atoms with Gasteiger partial charge in [0.05, 0.1) is 45.5 Å². The molecule has 0 aliphatic carbocycles. The summed E-state index contributed by atoms with van der Waals surface area (Å²) >= 11 is 0. The summed E-state index contributed by atoms with van der Waals surface area (Å²) in [6.07, 6.45) is 5.86. The molecule has 2 amide bonds. The number of esters is 1. The van der Waals surface area contributed by atoms with Crippen LogP contribution in [0.15, 0.2) is 54.6 Å². The molecule has 0 aromatic heterocycles. The first-order chi connectivity index (χ1) is 30.7. The summed E-state index contributed by atoms with van der Waals surface area (Å²) in [6.45, 7) is 20.4. The molecule has 0 saturated carbocycles. The summed E-state index contributed by atoms with van der Waals surface area (Å²) in [4.78, 5) is 68.9. The molecule has 0 heterocycles. The van der Waals surface area contributed by atoms with E-state index < -0.39 is 71.2 Å². The number of amides is 2. The van der Waals surface area contributed by atoms with Crippen LogP contribution in [-0.2, 0) is 65.2 Å². The van der Waals surface area contributed by atoms with Gasteiger partial charge in [0.2, 0.25) is 11.8 Å². The minimum atomic E-state index is -1.33. The van der Waals surface area contributed by atoms with Crippen LogP contribution < -0.4 is 15.4 Å². The highest BCUT2D eigenvalue weighted by Gasteiger charge is 2.39. The van der Waals surface area contributed by atoms with E-state index in [2.05, 4.69) is 16.6 Å². The van der Waals surface area contributed by atoms with Gasteiger partial charge in [-0.15, -0.1) is 12.3 Å². The van der Waals surface area contributed by atoms with Gasteiger partial charge in [-0.05, 0) is 105 Å². The molecule has 0 spiro atoms. The van der Waals surface area contributed by atoms with E-state index in [1.807, 2.05) is 77.1 Å². The van der Waals surface area contributed by atoms with E-state index >= 15 is 0 Å². The van der Waals surface area contributed by atoms with Gasteiger partial charge in [-0.2, -0.15) is 0 Å². The average molecular weight is 909 g/mol. The Morgan fingerprint density at radius 1 is 0.692 bits per heavy atom. The molecule has 2 N–H and O–H groups in total. The lowest BCUT2D eigenvalue weighted by Crippen LogP contribution is -2.54. The molecule has 3 atom stereocenters. The summed E-state index contributed by atoms with van der Waals surface area (Å²) in [7, 11) is 0. The van der Waals surface area contributed by atoms with Crippen LogP contribution in [0, 0.1) is 24.2 Å². The quantitative estimate of drug-likeness (QED) is 0.0342. The van der Waals surface area contributed by atoms with Crippen molar-refractivity contribution in [3.05, 3.63) is 65.7 Å². The fraction of sp³-hybridized carbons (Fsp3) is 0.627. The summed E-state index contributed by atoms with van der Waals surface area (Å²) < 4.78 is 39.2. The SMILES string of the molecule is C#CCCC(=O)[C@H](Cc1ccccc1)C(C)(C)NC(=O)[C@@H](CC(=O)[C@H](CC(=O)OC(C)(C)C)NC(=O)COCCOCCOCCC(OCC)OCC)Cc1ccc(OC(C)(C)C)cc1. The molecule has 0 bridgehead atoms. The van der Waals surface area contributed by atoms with E-state index in [1.165, 1.54) is 0 Å². The van der Waals surface area contributed by atoms with Crippen LogP contribution in [0.25, 0.3) is 0 Å². The Bertz CT molecular complexity index is 1770. The van der Waals surface area contributed by atoms with Gasteiger partial charge in [0.25, 0.3) is 0 Å². The molecular weight excluding hydrogens is 833 g/mol. The van der Waals surface area contributed by atoms with Gasteiger partial charge < -0.3 is 43.8 Å². The van der Waals surface area contributed by atoms with Gasteiger partial charge in [0, 0.05) is 56.3 Å². The molecule has 2 aromatic rings. The Morgan fingerprint density at radius 2 is 1.28 bits per heavy atom. The second-order valence-electron chi connectivity index (χ2n) is 18.4. The maximum atomic E-state index is 14.5. The van der Waals surface area contributed by atoms with E-state index in [-0.39, 0.29) is 51.0 Å². The van der Waals surface area contributed by atoms with Crippen LogP contribution >= 0.6 is 0 Å². The number of terminal acetylenes is 1. The first-order valence-electron chi connectivity index (χ1n) is 22.8. The molecule has 0 aliphatic heterocycles. The molecule has 0 radical (unpaired) electrons. The molecule has 0 aliphatic rings. The topological polar surface area (TPSA) is 174 Å². The van der Waals surface area contributed by atoms with Crippen LogP contribution in [0.2, 0.25) is 0 Å². The normalized spacial score (nSPS) is 13.3. The number of hydrogen-bond acceptors (Lipinski definition) is 12. The van der Waals surface area contributed by atoms with Gasteiger partial charge >= 0.3 is 5.97 Å². The van der Waals surface area contributed by atoms with Gasteiger partial charge in [-0.1, -0.05) is 42.5 Å². The number of hydrogen-bond donors (Lipinski definition) is 2. The molecular formula is C51H76N2O12. The third-order valence-corrected chi connectivity index (χ3v) is 9.85.